The molecular formula is C17H22FN3O2. The number of imide groups is 1. The third-order valence-corrected chi connectivity index (χ3v) is 4.76. The van der Waals surface area contributed by atoms with Crippen LogP contribution in [-0.4, -0.2) is 42.9 Å². The number of benzene rings is 1. The van der Waals surface area contributed by atoms with Gasteiger partial charge in [0.25, 0.3) is 0 Å². The summed E-state index contributed by atoms with van der Waals surface area (Å²) in [4.78, 5) is 25.3. The van der Waals surface area contributed by atoms with Gasteiger partial charge in [-0.3, -0.25) is 14.9 Å². The minimum absolute atomic E-state index is 0.217. The van der Waals surface area contributed by atoms with E-state index in [0.717, 1.165) is 31.5 Å². The molecule has 2 N–H and O–H groups in total. The van der Waals surface area contributed by atoms with Crippen molar-refractivity contribution in [3.63, 3.8) is 0 Å². The summed E-state index contributed by atoms with van der Waals surface area (Å²) in [6, 6.07) is 4.75. The Labute approximate surface area is 135 Å². The number of hydrogen-bond acceptors (Lipinski definition) is 4. The van der Waals surface area contributed by atoms with Gasteiger partial charge in [0.2, 0.25) is 11.8 Å². The number of carbonyl (C=O) groups excluding carboxylic acids is 2. The Hall–Kier alpha value is -1.95. The van der Waals surface area contributed by atoms with Crippen LogP contribution in [0.5, 0.6) is 0 Å². The van der Waals surface area contributed by atoms with Crippen molar-refractivity contribution in [3.8, 4) is 0 Å². The van der Waals surface area contributed by atoms with Gasteiger partial charge in [-0.1, -0.05) is 12.1 Å². The molecule has 3 rings (SSSR count). The highest BCUT2D eigenvalue weighted by Crippen LogP contribution is 2.32. The number of likely N-dealkylation sites (tertiary alicyclic amines) is 1. The Morgan fingerprint density at radius 2 is 1.96 bits per heavy atom. The molecule has 2 aliphatic heterocycles. The fourth-order valence-electron chi connectivity index (χ4n) is 3.32. The topological polar surface area (TPSA) is 61.4 Å². The van der Waals surface area contributed by atoms with Crippen molar-refractivity contribution in [1.29, 1.82) is 0 Å². The number of anilines is 1. The SMILES string of the molecule is CN1CCC(c2cccc(NC3CCC(=O)NC3=O)c2F)CC1. The van der Waals surface area contributed by atoms with Crippen LogP contribution >= 0.6 is 0 Å². The average Bonchev–Trinajstić information content (AvgIpc) is 2.53. The molecule has 2 heterocycles. The van der Waals surface area contributed by atoms with Gasteiger partial charge in [-0.2, -0.15) is 0 Å². The van der Waals surface area contributed by atoms with Crippen molar-refractivity contribution in [3.05, 3.63) is 29.6 Å². The van der Waals surface area contributed by atoms with E-state index in [1.807, 2.05) is 12.1 Å². The molecule has 1 aromatic carbocycles. The van der Waals surface area contributed by atoms with Crippen LogP contribution in [-0.2, 0) is 9.59 Å². The van der Waals surface area contributed by atoms with Gasteiger partial charge in [0.1, 0.15) is 11.9 Å². The summed E-state index contributed by atoms with van der Waals surface area (Å²) >= 11 is 0. The molecule has 2 fully saturated rings. The van der Waals surface area contributed by atoms with Gasteiger partial charge in [0, 0.05) is 6.42 Å². The van der Waals surface area contributed by atoms with Gasteiger partial charge >= 0.3 is 0 Å². The maximum absolute atomic E-state index is 14.8. The van der Waals surface area contributed by atoms with Crippen molar-refractivity contribution >= 4 is 17.5 Å². The fourth-order valence-corrected chi connectivity index (χ4v) is 3.32. The summed E-state index contributed by atoms with van der Waals surface area (Å²) in [7, 11) is 2.08. The van der Waals surface area contributed by atoms with Gasteiger partial charge in [-0.05, 0) is 56.9 Å². The van der Waals surface area contributed by atoms with Crippen molar-refractivity contribution in [2.24, 2.45) is 0 Å². The van der Waals surface area contributed by atoms with Gasteiger partial charge in [0.05, 0.1) is 5.69 Å². The number of carbonyl (C=O) groups is 2. The number of halogens is 1. The van der Waals surface area contributed by atoms with E-state index in [1.165, 1.54) is 0 Å². The van der Waals surface area contributed by atoms with Crippen LogP contribution in [0.15, 0.2) is 18.2 Å². The highest BCUT2D eigenvalue weighted by atomic mass is 19.1. The predicted molar refractivity (Wildman–Crippen MR) is 85.7 cm³/mol. The normalized spacial score (nSPS) is 23.7. The Kier molecular flexibility index (Phi) is 4.61. The second-order valence-electron chi connectivity index (χ2n) is 6.43. The maximum Gasteiger partial charge on any atom is 0.249 e. The largest absolute Gasteiger partial charge is 0.371 e. The molecule has 1 atom stereocenters. The highest BCUT2D eigenvalue weighted by Gasteiger charge is 2.28. The first-order valence-corrected chi connectivity index (χ1v) is 8.12. The number of piperidine rings is 2. The molecule has 0 radical (unpaired) electrons. The third-order valence-electron chi connectivity index (χ3n) is 4.76. The third kappa shape index (κ3) is 3.52. The molecule has 2 amide bonds. The summed E-state index contributed by atoms with van der Waals surface area (Å²) in [6.45, 7) is 1.93. The molecule has 1 unspecified atom stereocenters. The monoisotopic (exact) mass is 319 g/mol. The molecule has 0 aliphatic carbocycles. The minimum atomic E-state index is -0.560. The van der Waals surface area contributed by atoms with E-state index in [-0.39, 0.29) is 30.0 Å². The number of hydrogen-bond donors (Lipinski definition) is 2. The fraction of sp³-hybridized carbons (Fsp3) is 0.529. The number of nitrogens with one attached hydrogen (secondary N) is 2. The zero-order valence-electron chi connectivity index (χ0n) is 13.3. The Morgan fingerprint density at radius 1 is 1.22 bits per heavy atom. The Balaban J connectivity index is 1.74. The molecule has 2 saturated heterocycles. The molecule has 124 valence electrons. The molecule has 0 saturated carbocycles. The molecule has 1 aromatic rings. The lowest BCUT2D eigenvalue weighted by Gasteiger charge is -2.30. The summed E-state index contributed by atoms with van der Waals surface area (Å²) in [5.74, 6) is -0.708. The van der Waals surface area contributed by atoms with Gasteiger partial charge in [0.15, 0.2) is 0 Å². The lowest BCUT2D eigenvalue weighted by atomic mass is 9.89. The molecule has 2 aliphatic rings. The van der Waals surface area contributed by atoms with Crippen molar-refractivity contribution in [2.75, 3.05) is 25.5 Å². The maximum atomic E-state index is 14.8. The molecule has 0 bridgehead atoms. The van der Waals surface area contributed by atoms with Crippen LogP contribution in [0.4, 0.5) is 10.1 Å². The zero-order valence-corrected chi connectivity index (χ0v) is 13.3. The van der Waals surface area contributed by atoms with Gasteiger partial charge in [-0.25, -0.2) is 4.39 Å². The van der Waals surface area contributed by atoms with Crippen LogP contribution in [0.2, 0.25) is 0 Å². The lowest BCUT2D eigenvalue weighted by molar-refractivity contribution is -0.133. The van der Waals surface area contributed by atoms with E-state index in [4.69, 9.17) is 0 Å². The quantitative estimate of drug-likeness (QED) is 0.835. The smallest absolute Gasteiger partial charge is 0.249 e. The van der Waals surface area contributed by atoms with Crippen LogP contribution in [0.25, 0.3) is 0 Å². The van der Waals surface area contributed by atoms with Crippen LogP contribution in [0, 0.1) is 5.82 Å². The summed E-state index contributed by atoms with van der Waals surface area (Å²) in [6.07, 6.45) is 2.55. The Bertz CT molecular complexity index is 612. The lowest BCUT2D eigenvalue weighted by Crippen LogP contribution is -2.47. The second kappa shape index (κ2) is 6.66. The summed E-state index contributed by atoms with van der Waals surface area (Å²) < 4.78 is 14.8. The first kappa shape index (κ1) is 15.9. The van der Waals surface area contributed by atoms with E-state index in [0.29, 0.717) is 12.1 Å². The first-order valence-electron chi connectivity index (χ1n) is 8.12. The number of nitrogens with zero attached hydrogens (tertiary/aromatic N) is 1. The van der Waals surface area contributed by atoms with Crippen LogP contribution in [0.1, 0.15) is 37.2 Å². The van der Waals surface area contributed by atoms with E-state index in [2.05, 4.69) is 22.6 Å². The Morgan fingerprint density at radius 3 is 2.65 bits per heavy atom. The molecular weight excluding hydrogens is 297 g/mol. The molecule has 6 heteroatoms. The van der Waals surface area contributed by atoms with Crippen LogP contribution < -0.4 is 10.6 Å². The summed E-state index contributed by atoms with van der Waals surface area (Å²) in [5, 5.41) is 5.24. The van der Waals surface area contributed by atoms with E-state index in [1.54, 1.807) is 6.07 Å². The van der Waals surface area contributed by atoms with Crippen molar-refractivity contribution in [2.45, 2.75) is 37.6 Å². The first-order chi connectivity index (χ1) is 11.0. The van der Waals surface area contributed by atoms with E-state index < -0.39 is 6.04 Å². The van der Waals surface area contributed by atoms with Crippen LogP contribution in [0.3, 0.4) is 0 Å². The predicted octanol–water partition coefficient (Wildman–Crippen LogP) is 1.85. The number of rotatable bonds is 3. The van der Waals surface area contributed by atoms with Gasteiger partial charge < -0.3 is 10.2 Å². The van der Waals surface area contributed by atoms with Crippen molar-refractivity contribution in [1.82, 2.24) is 10.2 Å². The molecule has 5 nitrogen and oxygen atoms in total. The molecule has 23 heavy (non-hydrogen) atoms. The second-order valence-corrected chi connectivity index (χ2v) is 6.43. The average molecular weight is 319 g/mol. The molecule has 0 spiro atoms. The highest BCUT2D eigenvalue weighted by molar-refractivity contribution is 6.01. The number of amides is 2. The van der Waals surface area contributed by atoms with E-state index >= 15 is 0 Å². The van der Waals surface area contributed by atoms with Gasteiger partial charge in [-0.15, -0.1) is 0 Å². The summed E-state index contributed by atoms with van der Waals surface area (Å²) in [5.41, 5.74) is 1.06. The minimum Gasteiger partial charge on any atom is -0.371 e. The zero-order chi connectivity index (χ0) is 16.4. The van der Waals surface area contributed by atoms with Crippen molar-refractivity contribution < 1.29 is 14.0 Å². The molecule has 0 aromatic heterocycles. The van der Waals surface area contributed by atoms with E-state index in [9.17, 15) is 14.0 Å². The standard InChI is InChI=1S/C17H22FN3O2/c1-21-9-7-11(8-10-21)12-3-2-4-13(16(12)18)19-14-5-6-15(22)20-17(14)23/h2-4,11,14,19H,5-10H2,1H3,(H,20,22,23).